The normalized spacial score (nSPS) is 13.4. The van der Waals surface area contributed by atoms with E-state index in [9.17, 15) is 14.7 Å². The molecule has 0 aromatic heterocycles. The minimum Gasteiger partial charge on any atom is -0.392 e. The van der Waals surface area contributed by atoms with Crippen LogP contribution in [0.15, 0.2) is 84.9 Å². The molecular weight excluding hydrogens is 486 g/mol. The highest BCUT2D eigenvalue weighted by Crippen LogP contribution is 2.19. The van der Waals surface area contributed by atoms with E-state index in [1.807, 2.05) is 63.4 Å². The zero-order valence-corrected chi connectivity index (χ0v) is 23.9. The van der Waals surface area contributed by atoms with Crippen LogP contribution in [0.3, 0.4) is 0 Å². The van der Waals surface area contributed by atoms with E-state index in [0.29, 0.717) is 25.9 Å². The average molecular weight is 530 g/mol. The highest BCUT2D eigenvalue weighted by Gasteiger charge is 2.29. The number of carbonyl (C=O) groups is 2. The molecule has 0 spiro atoms. The Bertz CT molecular complexity index is 1250. The topological polar surface area (TPSA) is 72.9 Å². The lowest BCUT2D eigenvalue weighted by Gasteiger charge is -2.31. The maximum Gasteiger partial charge on any atom is 0.246 e. The molecular formula is C33H43N3O3. The lowest BCUT2D eigenvalue weighted by Crippen LogP contribution is -2.49. The summed E-state index contributed by atoms with van der Waals surface area (Å²) in [6, 6.07) is 23.8. The SMILES string of the molecule is C[C@@H](O)CNC(C)(C)CC=CC(=O)N(C)C(Cc1ccc2ccccc2c1)C(=O)N(C)CCc1ccccc1. The Labute approximate surface area is 233 Å². The molecule has 208 valence electrons. The molecule has 6 heteroatoms. The Balaban J connectivity index is 1.76. The summed E-state index contributed by atoms with van der Waals surface area (Å²) < 4.78 is 0. The Morgan fingerprint density at radius 2 is 1.62 bits per heavy atom. The van der Waals surface area contributed by atoms with Gasteiger partial charge in [0.2, 0.25) is 11.8 Å². The van der Waals surface area contributed by atoms with E-state index in [-0.39, 0.29) is 17.4 Å². The molecule has 0 bridgehead atoms. The van der Waals surface area contributed by atoms with Crippen molar-refractivity contribution in [1.29, 1.82) is 0 Å². The molecule has 0 aliphatic rings. The average Bonchev–Trinajstić information content (AvgIpc) is 2.93. The van der Waals surface area contributed by atoms with Crippen molar-refractivity contribution in [1.82, 2.24) is 15.1 Å². The predicted octanol–water partition coefficient (Wildman–Crippen LogP) is 4.61. The third-order valence-corrected chi connectivity index (χ3v) is 7.06. The summed E-state index contributed by atoms with van der Waals surface area (Å²) in [4.78, 5) is 30.3. The fraction of sp³-hybridized carbons (Fsp3) is 0.394. The van der Waals surface area contributed by atoms with Crippen molar-refractivity contribution in [3.63, 3.8) is 0 Å². The van der Waals surface area contributed by atoms with Gasteiger partial charge in [0.1, 0.15) is 6.04 Å². The number of hydrogen-bond acceptors (Lipinski definition) is 4. The van der Waals surface area contributed by atoms with Crippen LogP contribution < -0.4 is 5.32 Å². The van der Waals surface area contributed by atoms with Crippen molar-refractivity contribution in [3.05, 3.63) is 96.1 Å². The number of β-amino-alcohol motifs (C(OH)–C–C–N with tert-alkyl or cyclic N) is 1. The molecule has 0 fully saturated rings. The second kappa shape index (κ2) is 14.1. The maximum absolute atomic E-state index is 13.7. The van der Waals surface area contributed by atoms with Gasteiger partial charge in [-0.3, -0.25) is 9.59 Å². The minimum atomic E-state index is -0.634. The second-order valence-corrected chi connectivity index (χ2v) is 11.1. The van der Waals surface area contributed by atoms with Crippen molar-refractivity contribution in [2.45, 2.75) is 57.7 Å². The molecule has 0 saturated heterocycles. The Hall–Kier alpha value is -3.48. The molecule has 2 atom stereocenters. The van der Waals surface area contributed by atoms with Gasteiger partial charge < -0.3 is 20.2 Å². The summed E-state index contributed by atoms with van der Waals surface area (Å²) in [5.41, 5.74) is 1.91. The van der Waals surface area contributed by atoms with Crippen LogP contribution in [0, 0.1) is 0 Å². The summed E-state index contributed by atoms with van der Waals surface area (Å²) in [7, 11) is 3.52. The van der Waals surface area contributed by atoms with Crippen LogP contribution >= 0.6 is 0 Å². The molecule has 2 N–H and O–H groups in total. The minimum absolute atomic E-state index is 0.0812. The number of carbonyl (C=O) groups excluding carboxylic acids is 2. The number of aliphatic hydroxyl groups is 1. The van der Waals surface area contributed by atoms with Gasteiger partial charge in [-0.25, -0.2) is 0 Å². The van der Waals surface area contributed by atoms with E-state index in [2.05, 4.69) is 41.7 Å². The lowest BCUT2D eigenvalue weighted by molar-refractivity contribution is -0.141. The Kier molecular flexibility index (Phi) is 10.8. The van der Waals surface area contributed by atoms with Crippen LogP contribution in [0.2, 0.25) is 0 Å². The number of rotatable bonds is 13. The van der Waals surface area contributed by atoms with Gasteiger partial charge in [0, 0.05) is 39.1 Å². The first-order chi connectivity index (χ1) is 18.6. The van der Waals surface area contributed by atoms with Gasteiger partial charge in [-0.1, -0.05) is 78.9 Å². The molecule has 39 heavy (non-hydrogen) atoms. The van der Waals surface area contributed by atoms with Crippen molar-refractivity contribution >= 4 is 22.6 Å². The molecule has 6 nitrogen and oxygen atoms in total. The first kappa shape index (κ1) is 30.1. The third-order valence-electron chi connectivity index (χ3n) is 7.06. The summed E-state index contributed by atoms with van der Waals surface area (Å²) in [6.45, 7) is 6.84. The van der Waals surface area contributed by atoms with Crippen molar-refractivity contribution in [2.75, 3.05) is 27.2 Å². The number of aliphatic hydroxyl groups excluding tert-OH is 1. The smallest absolute Gasteiger partial charge is 0.246 e. The highest BCUT2D eigenvalue weighted by molar-refractivity contribution is 5.93. The van der Waals surface area contributed by atoms with Crippen molar-refractivity contribution < 1.29 is 14.7 Å². The van der Waals surface area contributed by atoms with Crippen molar-refractivity contribution in [2.24, 2.45) is 0 Å². The molecule has 3 rings (SSSR count). The van der Waals surface area contributed by atoms with Crippen LogP contribution in [0.5, 0.6) is 0 Å². The first-order valence-corrected chi connectivity index (χ1v) is 13.7. The zero-order chi connectivity index (χ0) is 28.4. The number of benzene rings is 3. The molecule has 0 aliphatic carbocycles. The zero-order valence-electron chi connectivity index (χ0n) is 23.9. The molecule has 3 aromatic rings. The van der Waals surface area contributed by atoms with Crippen LogP contribution in [-0.2, 0) is 22.4 Å². The summed E-state index contributed by atoms with van der Waals surface area (Å²) >= 11 is 0. The van der Waals surface area contributed by atoms with Crippen LogP contribution in [0.25, 0.3) is 10.8 Å². The molecule has 2 amide bonds. The van der Waals surface area contributed by atoms with E-state index in [1.54, 1.807) is 29.8 Å². The third kappa shape index (κ3) is 9.34. The van der Waals surface area contributed by atoms with Gasteiger partial charge in [0.25, 0.3) is 0 Å². The monoisotopic (exact) mass is 529 g/mol. The summed E-state index contributed by atoms with van der Waals surface area (Å²) in [5, 5.41) is 15.1. The van der Waals surface area contributed by atoms with Crippen LogP contribution in [0.1, 0.15) is 38.3 Å². The fourth-order valence-corrected chi connectivity index (χ4v) is 4.51. The standard InChI is InChI=1S/C33H43N3O3/c1-25(37)24-34-33(2,3)20-11-16-31(38)36(5)30(23-27-17-18-28-14-9-10-15-29(28)22-27)32(39)35(4)21-19-26-12-7-6-8-13-26/h6-18,22,25,30,34,37H,19-21,23-24H2,1-5H3/t25-,30?/m1/s1. The van der Waals surface area contributed by atoms with Gasteiger partial charge in [-0.2, -0.15) is 0 Å². The maximum atomic E-state index is 13.7. The van der Waals surface area contributed by atoms with E-state index >= 15 is 0 Å². The number of nitrogens with one attached hydrogen (secondary N) is 1. The van der Waals surface area contributed by atoms with E-state index in [0.717, 1.165) is 22.8 Å². The largest absolute Gasteiger partial charge is 0.392 e. The lowest BCUT2D eigenvalue weighted by atomic mass is 9.99. The quantitative estimate of drug-likeness (QED) is 0.317. The molecule has 0 radical (unpaired) electrons. The van der Waals surface area contributed by atoms with E-state index in [1.165, 1.54) is 5.56 Å². The molecule has 0 heterocycles. The molecule has 1 unspecified atom stereocenters. The molecule has 0 aliphatic heterocycles. The number of nitrogens with zero attached hydrogens (tertiary/aromatic N) is 2. The highest BCUT2D eigenvalue weighted by atomic mass is 16.3. The van der Waals surface area contributed by atoms with Gasteiger partial charge in [-0.15, -0.1) is 0 Å². The fourth-order valence-electron chi connectivity index (χ4n) is 4.51. The van der Waals surface area contributed by atoms with Gasteiger partial charge in [-0.05, 0) is 61.6 Å². The number of amides is 2. The second-order valence-electron chi connectivity index (χ2n) is 11.1. The summed E-state index contributed by atoms with van der Waals surface area (Å²) in [6.07, 6.45) is 4.73. The van der Waals surface area contributed by atoms with Gasteiger partial charge in [0.15, 0.2) is 0 Å². The summed E-state index contributed by atoms with van der Waals surface area (Å²) in [5.74, 6) is -0.292. The van der Waals surface area contributed by atoms with Gasteiger partial charge in [0.05, 0.1) is 6.10 Å². The van der Waals surface area contributed by atoms with Crippen LogP contribution in [0.4, 0.5) is 0 Å². The van der Waals surface area contributed by atoms with E-state index in [4.69, 9.17) is 0 Å². The number of hydrogen-bond donors (Lipinski definition) is 2. The number of fused-ring (bicyclic) bond motifs is 1. The van der Waals surface area contributed by atoms with Crippen molar-refractivity contribution in [3.8, 4) is 0 Å². The first-order valence-electron chi connectivity index (χ1n) is 13.7. The predicted molar refractivity (Wildman–Crippen MR) is 160 cm³/mol. The molecule has 3 aromatic carbocycles. The number of likely N-dealkylation sites (N-methyl/N-ethyl adjacent to an activating group) is 2. The Morgan fingerprint density at radius 3 is 2.31 bits per heavy atom. The molecule has 0 saturated carbocycles. The van der Waals surface area contributed by atoms with E-state index < -0.39 is 12.1 Å². The van der Waals surface area contributed by atoms with Crippen LogP contribution in [-0.4, -0.2) is 71.6 Å². The Morgan fingerprint density at radius 1 is 0.949 bits per heavy atom. The van der Waals surface area contributed by atoms with Gasteiger partial charge >= 0.3 is 0 Å².